The third kappa shape index (κ3) is 3.19. The van der Waals surface area contributed by atoms with E-state index in [1.807, 2.05) is 0 Å². The average Bonchev–Trinajstić information content (AvgIpc) is 2.82. The average molecular weight is 235 g/mol. The van der Waals surface area contributed by atoms with Crippen LogP contribution in [0.2, 0.25) is 0 Å². The van der Waals surface area contributed by atoms with E-state index < -0.39 is 0 Å². The van der Waals surface area contributed by atoms with Crippen LogP contribution < -0.4 is 10.5 Å². The first-order valence-electron chi connectivity index (χ1n) is 5.52. The second-order valence-corrected chi connectivity index (χ2v) is 3.75. The van der Waals surface area contributed by atoms with Gasteiger partial charge in [-0.2, -0.15) is 0 Å². The van der Waals surface area contributed by atoms with E-state index in [0.29, 0.717) is 24.5 Å². The molecule has 1 heterocycles. The number of halogens is 1. The molecular formula is C13H14FNO2. The van der Waals surface area contributed by atoms with Crippen LogP contribution in [0.3, 0.4) is 0 Å². The number of hydrogen-bond acceptors (Lipinski definition) is 3. The molecule has 1 unspecified atom stereocenters. The SMILES string of the molecule is NCC#Cc1cc(F)ccc1OC1CCOC1. The molecule has 1 saturated heterocycles. The van der Waals surface area contributed by atoms with Crippen molar-refractivity contribution in [3.8, 4) is 17.6 Å². The molecular weight excluding hydrogens is 221 g/mol. The second kappa shape index (κ2) is 5.67. The topological polar surface area (TPSA) is 44.5 Å². The van der Waals surface area contributed by atoms with Crippen molar-refractivity contribution in [1.82, 2.24) is 0 Å². The molecule has 2 N–H and O–H groups in total. The molecule has 2 rings (SSSR count). The molecule has 0 spiro atoms. The minimum Gasteiger partial charge on any atom is -0.487 e. The zero-order chi connectivity index (χ0) is 12.1. The summed E-state index contributed by atoms with van der Waals surface area (Å²) in [6, 6.07) is 4.31. The third-order valence-corrected chi connectivity index (χ3v) is 2.45. The fraction of sp³-hybridized carbons (Fsp3) is 0.385. The Balaban J connectivity index is 2.19. The van der Waals surface area contributed by atoms with E-state index in [4.69, 9.17) is 15.2 Å². The Labute approximate surface area is 99.7 Å². The van der Waals surface area contributed by atoms with Crippen LogP contribution in [-0.2, 0) is 4.74 Å². The number of ether oxygens (including phenoxy) is 2. The molecule has 0 bridgehead atoms. The van der Waals surface area contributed by atoms with Crippen molar-refractivity contribution in [3.05, 3.63) is 29.6 Å². The van der Waals surface area contributed by atoms with Gasteiger partial charge in [0.1, 0.15) is 17.7 Å². The minimum absolute atomic E-state index is 0.0267. The zero-order valence-corrected chi connectivity index (χ0v) is 9.41. The van der Waals surface area contributed by atoms with Gasteiger partial charge in [0.2, 0.25) is 0 Å². The smallest absolute Gasteiger partial charge is 0.135 e. The van der Waals surface area contributed by atoms with Gasteiger partial charge >= 0.3 is 0 Å². The lowest BCUT2D eigenvalue weighted by Gasteiger charge is -2.13. The molecule has 1 aromatic rings. The van der Waals surface area contributed by atoms with Crippen LogP contribution in [0.1, 0.15) is 12.0 Å². The fourth-order valence-electron chi connectivity index (χ4n) is 1.63. The molecule has 90 valence electrons. The summed E-state index contributed by atoms with van der Waals surface area (Å²) < 4.78 is 24.1. The normalized spacial score (nSPS) is 18.6. The van der Waals surface area contributed by atoms with Crippen molar-refractivity contribution in [2.75, 3.05) is 19.8 Å². The molecule has 0 aliphatic carbocycles. The second-order valence-electron chi connectivity index (χ2n) is 3.75. The van der Waals surface area contributed by atoms with Crippen molar-refractivity contribution < 1.29 is 13.9 Å². The Morgan fingerprint density at radius 2 is 2.41 bits per heavy atom. The molecule has 1 fully saturated rings. The fourth-order valence-corrected chi connectivity index (χ4v) is 1.63. The summed E-state index contributed by atoms with van der Waals surface area (Å²) in [5.41, 5.74) is 5.83. The Bertz CT molecular complexity index is 444. The lowest BCUT2D eigenvalue weighted by atomic mass is 10.2. The molecule has 1 atom stereocenters. The Morgan fingerprint density at radius 1 is 1.53 bits per heavy atom. The maximum absolute atomic E-state index is 13.1. The van der Waals surface area contributed by atoms with Gasteiger partial charge in [0.25, 0.3) is 0 Å². The first kappa shape index (κ1) is 11.9. The van der Waals surface area contributed by atoms with Crippen LogP contribution >= 0.6 is 0 Å². The van der Waals surface area contributed by atoms with Crippen LogP contribution in [0.25, 0.3) is 0 Å². The van der Waals surface area contributed by atoms with E-state index >= 15 is 0 Å². The summed E-state index contributed by atoms with van der Waals surface area (Å²) in [6.07, 6.45) is 0.875. The quantitative estimate of drug-likeness (QED) is 0.786. The maximum atomic E-state index is 13.1. The van der Waals surface area contributed by atoms with Gasteiger partial charge in [-0.25, -0.2) is 4.39 Å². The molecule has 1 aromatic carbocycles. The van der Waals surface area contributed by atoms with Crippen LogP contribution in [0, 0.1) is 17.7 Å². The van der Waals surface area contributed by atoms with Gasteiger partial charge in [0.05, 0.1) is 25.3 Å². The van der Waals surface area contributed by atoms with E-state index in [0.717, 1.165) is 6.42 Å². The number of rotatable bonds is 2. The van der Waals surface area contributed by atoms with Gasteiger partial charge in [-0.15, -0.1) is 0 Å². The van der Waals surface area contributed by atoms with Crippen molar-refractivity contribution in [2.24, 2.45) is 5.73 Å². The molecule has 3 nitrogen and oxygen atoms in total. The first-order chi connectivity index (χ1) is 8.29. The number of hydrogen-bond donors (Lipinski definition) is 1. The molecule has 0 saturated carbocycles. The van der Waals surface area contributed by atoms with Crippen LogP contribution in [0.4, 0.5) is 4.39 Å². The van der Waals surface area contributed by atoms with E-state index in [1.54, 1.807) is 6.07 Å². The van der Waals surface area contributed by atoms with Crippen LogP contribution in [0.15, 0.2) is 18.2 Å². The molecule has 1 aliphatic heterocycles. The predicted molar refractivity (Wildman–Crippen MR) is 62.2 cm³/mol. The van der Waals surface area contributed by atoms with Gasteiger partial charge in [-0.1, -0.05) is 11.8 Å². The summed E-state index contributed by atoms with van der Waals surface area (Å²) in [7, 11) is 0. The standard InChI is InChI=1S/C13H14FNO2/c14-11-3-4-13(10(8-11)2-1-6-15)17-12-5-7-16-9-12/h3-4,8,12H,5-7,9,15H2. The molecule has 17 heavy (non-hydrogen) atoms. The Hall–Kier alpha value is -1.57. The van der Waals surface area contributed by atoms with Crippen LogP contribution in [0.5, 0.6) is 5.75 Å². The van der Waals surface area contributed by atoms with Gasteiger partial charge in [0.15, 0.2) is 0 Å². The maximum Gasteiger partial charge on any atom is 0.135 e. The van der Waals surface area contributed by atoms with E-state index in [2.05, 4.69) is 11.8 Å². The largest absolute Gasteiger partial charge is 0.487 e. The third-order valence-electron chi connectivity index (χ3n) is 2.45. The van der Waals surface area contributed by atoms with E-state index in [9.17, 15) is 4.39 Å². The highest BCUT2D eigenvalue weighted by Gasteiger charge is 2.18. The van der Waals surface area contributed by atoms with Gasteiger partial charge in [-0.3, -0.25) is 0 Å². The lowest BCUT2D eigenvalue weighted by molar-refractivity contribution is 0.141. The first-order valence-corrected chi connectivity index (χ1v) is 5.52. The Morgan fingerprint density at radius 3 is 3.12 bits per heavy atom. The summed E-state index contributed by atoms with van der Waals surface area (Å²) in [5, 5.41) is 0. The minimum atomic E-state index is -0.332. The summed E-state index contributed by atoms with van der Waals surface area (Å²) >= 11 is 0. The van der Waals surface area contributed by atoms with Crippen molar-refractivity contribution in [1.29, 1.82) is 0 Å². The van der Waals surface area contributed by atoms with Crippen molar-refractivity contribution in [3.63, 3.8) is 0 Å². The molecule has 0 radical (unpaired) electrons. The molecule has 4 heteroatoms. The van der Waals surface area contributed by atoms with E-state index in [1.165, 1.54) is 12.1 Å². The summed E-state index contributed by atoms with van der Waals surface area (Å²) in [4.78, 5) is 0. The highest BCUT2D eigenvalue weighted by Crippen LogP contribution is 2.22. The lowest BCUT2D eigenvalue weighted by Crippen LogP contribution is -2.16. The monoisotopic (exact) mass is 235 g/mol. The number of benzene rings is 1. The van der Waals surface area contributed by atoms with Gasteiger partial charge < -0.3 is 15.2 Å². The van der Waals surface area contributed by atoms with Crippen LogP contribution in [-0.4, -0.2) is 25.9 Å². The van der Waals surface area contributed by atoms with Crippen molar-refractivity contribution in [2.45, 2.75) is 12.5 Å². The van der Waals surface area contributed by atoms with Crippen molar-refractivity contribution >= 4 is 0 Å². The number of nitrogens with two attached hydrogens (primary N) is 1. The molecule has 1 aliphatic rings. The Kier molecular flexibility index (Phi) is 3.97. The van der Waals surface area contributed by atoms with E-state index in [-0.39, 0.29) is 18.5 Å². The predicted octanol–water partition coefficient (Wildman–Crippen LogP) is 1.30. The molecule has 0 aromatic heterocycles. The van der Waals surface area contributed by atoms with Gasteiger partial charge in [0, 0.05) is 6.42 Å². The summed E-state index contributed by atoms with van der Waals surface area (Å²) in [5.74, 6) is 5.76. The zero-order valence-electron chi connectivity index (χ0n) is 9.41. The van der Waals surface area contributed by atoms with Gasteiger partial charge in [-0.05, 0) is 18.2 Å². The highest BCUT2D eigenvalue weighted by molar-refractivity contribution is 5.46. The summed E-state index contributed by atoms with van der Waals surface area (Å²) in [6.45, 7) is 1.51. The highest BCUT2D eigenvalue weighted by atomic mass is 19.1. The molecule has 0 amide bonds.